The van der Waals surface area contributed by atoms with Gasteiger partial charge in [0.1, 0.15) is 11.6 Å². The summed E-state index contributed by atoms with van der Waals surface area (Å²) in [4.78, 5) is 9.16. The maximum absolute atomic E-state index is 5.49. The summed E-state index contributed by atoms with van der Waals surface area (Å²) in [6, 6.07) is 0. The predicted molar refractivity (Wildman–Crippen MR) is 65.6 cm³/mol. The average molecular weight is 220 g/mol. The Morgan fingerprint density at radius 2 is 2.19 bits per heavy atom. The van der Waals surface area contributed by atoms with E-state index in [2.05, 4.69) is 22.2 Å². The molecule has 0 saturated carbocycles. The van der Waals surface area contributed by atoms with E-state index in [0.29, 0.717) is 0 Å². The van der Waals surface area contributed by atoms with Crippen LogP contribution in [0.4, 0.5) is 5.82 Å². The summed E-state index contributed by atoms with van der Waals surface area (Å²) >= 11 is 0. The highest BCUT2D eigenvalue weighted by Crippen LogP contribution is 2.26. The molecular formula is C12H20N4. The van der Waals surface area contributed by atoms with E-state index in [1.54, 1.807) is 0 Å². The number of hydrogen-bond acceptors (Lipinski definition) is 4. The fourth-order valence-electron chi connectivity index (χ4n) is 2.10. The SMILES string of the molecule is CCc1nc2c(c(NCCCN)n1)CCC2. The Morgan fingerprint density at radius 1 is 1.31 bits per heavy atom. The molecule has 1 heterocycles. The van der Waals surface area contributed by atoms with Gasteiger partial charge in [0.05, 0.1) is 0 Å². The summed E-state index contributed by atoms with van der Waals surface area (Å²) in [6.07, 6.45) is 5.32. The van der Waals surface area contributed by atoms with Crippen molar-refractivity contribution in [3.63, 3.8) is 0 Å². The lowest BCUT2D eigenvalue weighted by Gasteiger charge is -2.11. The lowest BCUT2D eigenvalue weighted by Crippen LogP contribution is -2.12. The fraction of sp³-hybridized carbons (Fsp3) is 0.667. The van der Waals surface area contributed by atoms with Crippen molar-refractivity contribution in [3.8, 4) is 0 Å². The fourth-order valence-corrected chi connectivity index (χ4v) is 2.10. The first-order valence-electron chi connectivity index (χ1n) is 6.17. The van der Waals surface area contributed by atoms with Crippen LogP contribution in [0.15, 0.2) is 0 Å². The normalized spacial score (nSPS) is 13.9. The minimum Gasteiger partial charge on any atom is -0.370 e. The number of aromatic nitrogens is 2. The third-order valence-corrected chi connectivity index (χ3v) is 2.97. The van der Waals surface area contributed by atoms with Crippen LogP contribution in [0.3, 0.4) is 0 Å². The van der Waals surface area contributed by atoms with E-state index in [-0.39, 0.29) is 0 Å². The molecule has 16 heavy (non-hydrogen) atoms. The van der Waals surface area contributed by atoms with Crippen molar-refractivity contribution >= 4 is 5.82 Å². The minimum atomic E-state index is 0.723. The Morgan fingerprint density at radius 3 is 2.94 bits per heavy atom. The van der Waals surface area contributed by atoms with E-state index >= 15 is 0 Å². The molecule has 0 amide bonds. The molecule has 0 radical (unpaired) electrons. The van der Waals surface area contributed by atoms with E-state index in [9.17, 15) is 0 Å². The topological polar surface area (TPSA) is 63.8 Å². The number of aryl methyl sites for hydroxylation is 2. The molecule has 0 aromatic carbocycles. The maximum Gasteiger partial charge on any atom is 0.133 e. The van der Waals surface area contributed by atoms with Gasteiger partial charge in [-0.2, -0.15) is 0 Å². The summed E-state index contributed by atoms with van der Waals surface area (Å²) in [6.45, 7) is 3.73. The van der Waals surface area contributed by atoms with Crippen molar-refractivity contribution in [1.29, 1.82) is 0 Å². The maximum atomic E-state index is 5.49. The molecule has 0 fully saturated rings. The first-order valence-corrected chi connectivity index (χ1v) is 6.17. The highest BCUT2D eigenvalue weighted by Gasteiger charge is 2.18. The van der Waals surface area contributed by atoms with Gasteiger partial charge >= 0.3 is 0 Å². The third-order valence-electron chi connectivity index (χ3n) is 2.97. The molecule has 0 bridgehead atoms. The largest absolute Gasteiger partial charge is 0.370 e. The van der Waals surface area contributed by atoms with Crippen molar-refractivity contribution in [2.24, 2.45) is 5.73 Å². The molecule has 2 rings (SSSR count). The average Bonchev–Trinajstić information content (AvgIpc) is 2.77. The summed E-state index contributed by atoms with van der Waals surface area (Å²) in [7, 11) is 0. The van der Waals surface area contributed by atoms with E-state index < -0.39 is 0 Å². The number of anilines is 1. The minimum absolute atomic E-state index is 0.723. The van der Waals surface area contributed by atoms with Crippen LogP contribution in [0.2, 0.25) is 0 Å². The second-order valence-corrected chi connectivity index (χ2v) is 4.19. The lowest BCUT2D eigenvalue weighted by atomic mass is 10.2. The predicted octanol–water partition coefficient (Wildman–Crippen LogP) is 1.29. The molecule has 88 valence electrons. The van der Waals surface area contributed by atoms with E-state index in [1.165, 1.54) is 17.7 Å². The Labute approximate surface area is 96.7 Å². The molecule has 0 atom stereocenters. The first-order chi connectivity index (χ1) is 7.85. The van der Waals surface area contributed by atoms with Gasteiger partial charge in [-0.25, -0.2) is 9.97 Å². The Hall–Kier alpha value is -1.16. The van der Waals surface area contributed by atoms with Crippen LogP contribution in [-0.4, -0.2) is 23.1 Å². The zero-order valence-electron chi connectivity index (χ0n) is 9.92. The monoisotopic (exact) mass is 220 g/mol. The highest BCUT2D eigenvalue weighted by molar-refractivity contribution is 5.48. The molecule has 4 heteroatoms. The molecule has 3 N–H and O–H groups in total. The van der Waals surface area contributed by atoms with Crippen LogP contribution in [0.1, 0.15) is 36.8 Å². The Bertz CT molecular complexity index is 362. The van der Waals surface area contributed by atoms with Gasteiger partial charge in [-0.3, -0.25) is 0 Å². The van der Waals surface area contributed by atoms with Gasteiger partial charge in [0.25, 0.3) is 0 Å². The van der Waals surface area contributed by atoms with Crippen LogP contribution in [0.5, 0.6) is 0 Å². The zero-order chi connectivity index (χ0) is 11.4. The smallest absolute Gasteiger partial charge is 0.133 e. The summed E-state index contributed by atoms with van der Waals surface area (Å²) in [5, 5.41) is 3.39. The van der Waals surface area contributed by atoms with Gasteiger partial charge in [0.15, 0.2) is 0 Å². The molecule has 0 aliphatic heterocycles. The molecule has 0 spiro atoms. The standard InChI is InChI=1S/C12H20N4/c1-2-11-15-10-6-3-5-9(10)12(16-11)14-8-4-7-13/h2-8,13H2,1H3,(H,14,15,16). The first kappa shape index (κ1) is 11.3. The molecule has 0 saturated heterocycles. The third kappa shape index (κ3) is 2.32. The molecule has 1 aromatic heterocycles. The second-order valence-electron chi connectivity index (χ2n) is 4.19. The number of fused-ring (bicyclic) bond motifs is 1. The highest BCUT2D eigenvalue weighted by atomic mass is 15.0. The lowest BCUT2D eigenvalue weighted by molar-refractivity contribution is 0.853. The van der Waals surface area contributed by atoms with Gasteiger partial charge in [0, 0.05) is 24.2 Å². The summed E-state index contributed by atoms with van der Waals surface area (Å²) in [5.41, 5.74) is 8.07. The van der Waals surface area contributed by atoms with Crippen LogP contribution in [-0.2, 0) is 19.3 Å². The van der Waals surface area contributed by atoms with Crippen molar-refractivity contribution in [2.45, 2.75) is 39.0 Å². The molecule has 4 nitrogen and oxygen atoms in total. The van der Waals surface area contributed by atoms with Gasteiger partial charge in [-0.15, -0.1) is 0 Å². The van der Waals surface area contributed by atoms with E-state index in [4.69, 9.17) is 5.73 Å². The quantitative estimate of drug-likeness (QED) is 0.734. The summed E-state index contributed by atoms with van der Waals surface area (Å²) in [5.74, 6) is 2.00. The number of rotatable bonds is 5. The van der Waals surface area contributed by atoms with Crippen LogP contribution in [0.25, 0.3) is 0 Å². The molecular weight excluding hydrogens is 200 g/mol. The van der Waals surface area contributed by atoms with Gasteiger partial charge in [0.2, 0.25) is 0 Å². The Balaban J connectivity index is 2.18. The van der Waals surface area contributed by atoms with Crippen LogP contribution >= 0.6 is 0 Å². The molecule has 1 aliphatic rings. The number of nitrogens with zero attached hydrogens (tertiary/aromatic N) is 2. The summed E-state index contributed by atoms with van der Waals surface area (Å²) < 4.78 is 0. The Kier molecular flexibility index (Phi) is 3.72. The van der Waals surface area contributed by atoms with Crippen molar-refractivity contribution in [2.75, 3.05) is 18.4 Å². The van der Waals surface area contributed by atoms with E-state index in [0.717, 1.165) is 50.4 Å². The molecule has 0 unspecified atom stereocenters. The number of nitrogens with one attached hydrogen (secondary N) is 1. The van der Waals surface area contributed by atoms with Gasteiger partial charge in [-0.05, 0) is 32.2 Å². The van der Waals surface area contributed by atoms with Crippen LogP contribution in [0, 0.1) is 0 Å². The van der Waals surface area contributed by atoms with Crippen molar-refractivity contribution < 1.29 is 0 Å². The zero-order valence-corrected chi connectivity index (χ0v) is 9.92. The number of hydrogen-bond donors (Lipinski definition) is 2. The van der Waals surface area contributed by atoms with E-state index in [1.807, 2.05) is 0 Å². The second kappa shape index (κ2) is 5.25. The van der Waals surface area contributed by atoms with Crippen molar-refractivity contribution in [3.05, 3.63) is 17.1 Å². The van der Waals surface area contributed by atoms with Crippen molar-refractivity contribution in [1.82, 2.24) is 9.97 Å². The van der Waals surface area contributed by atoms with Crippen LogP contribution < -0.4 is 11.1 Å². The van der Waals surface area contributed by atoms with Gasteiger partial charge < -0.3 is 11.1 Å². The molecule has 1 aliphatic carbocycles. The number of nitrogens with two attached hydrogens (primary N) is 1. The molecule has 1 aromatic rings. The van der Waals surface area contributed by atoms with Gasteiger partial charge in [-0.1, -0.05) is 6.92 Å².